The van der Waals surface area contributed by atoms with Crippen molar-refractivity contribution in [3.63, 3.8) is 0 Å². The molecule has 142 valence electrons. The first-order valence-corrected chi connectivity index (χ1v) is 9.20. The Kier molecular flexibility index (Phi) is 8.66. The third kappa shape index (κ3) is 7.25. The van der Waals surface area contributed by atoms with E-state index in [0.29, 0.717) is 5.92 Å². The largest absolute Gasteiger partial charge is 0.508 e. The maximum Gasteiger partial charge on any atom is 0.508 e. The molecule has 0 N–H and O–H groups in total. The van der Waals surface area contributed by atoms with Gasteiger partial charge in [0.1, 0.15) is 13.2 Å². The average molecular weight is 361 g/mol. The van der Waals surface area contributed by atoms with Gasteiger partial charge in [0.15, 0.2) is 0 Å². The highest BCUT2D eigenvalue weighted by molar-refractivity contribution is 5.79. The summed E-state index contributed by atoms with van der Waals surface area (Å²) in [6, 6.07) is 10.0. The smallest absolute Gasteiger partial charge is 0.462 e. The molecule has 1 aliphatic carbocycles. The molecule has 0 unspecified atom stereocenters. The van der Waals surface area contributed by atoms with Gasteiger partial charge in [-0.2, -0.15) is 0 Å². The number of ether oxygens (including phenoxy) is 3. The van der Waals surface area contributed by atoms with Crippen LogP contribution in [0.15, 0.2) is 35.3 Å². The van der Waals surface area contributed by atoms with Crippen molar-refractivity contribution in [3.8, 4) is 0 Å². The molecule has 0 aliphatic heterocycles. The number of hydrogen-bond donors (Lipinski definition) is 0. The Morgan fingerprint density at radius 3 is 2.42 bits per heavy atom. The molecule has 6 heteroatoms. The molecule has 0 bridgehead atoms. The van der Waals surface area contributed by atoms with Crippen LogP contribution in [0.2, 0.25) is 0 Å². The Morgan fingerprint density at radius 1 is 1.04 bits per heavy atom. The van der Waals surface area contributed by atoms with Gasteiger partial charge in [0, 0.05) is 12.8 Å². The quantitative estimate of drug-likeness (QED) is 0.402. The summed E-state index contributed by atoms with van der Waals surface area (Å²) < 4.78 is 14.6. The highest BCUT2D eigenvalue weighted by Crippen LogP contribution is 2.29. The van der Waals surface area contributed by atoms with Crippen molar-refractivity contribution in [3.05, 3.63) is 35.9 Å². The first-order chi connectivity index (χ1) is 12.7. The van der Waals surface area contributed by atoms with E-state index in [0.717, 1.165) is 37.8 Å². The van der Waals surface area contributed by atoms with Crippen LogP contribution < -0.4 is 0 Å². The lowest BCUT2D eigenvalue weighted by molar-refractivity contribution is -0.151. The topological polar surface area (TPSA) is 74.2 Å². The van der Waals surface area contributed by atoms with E-state index in [4.69, 9.17) is 9.47 Å². The number of rotatable bonds is 8. The molecule has 0 atom stereocenters. The molecule has 6 nitrogen and oxygen atoms in total. The van der Waals surface area contributed by atoms with E-state index in [-0.39, 0.29) is 31.7 Å². The lowest BCUT2D eigenvalue weighted by Crippen LogP contribution is -2.26. The second kappa shape index (κ2) is 11.3. The lowest BCUT2D eigenvalue weighted by atomic mass is 9.82. The molecular formula is C20H27NO5. The zero-order chi connectivity index (χ0) is 18.6. The normalized spacial score (nSPS) is 19.9. The highest BCUT2D eigenvalue weighted by atomic mass is 16.7. The van der Waals surface area contributed by atoms with Crippen LogP contribution in [0.5, 0.6) is 0 Å². The van der Waals surface area contributed by atoms with Crippen LogP contribution in [0, 0.1) is 11.8 Å². The Bertz CT molecular complexity index is 579. The fraction of sp³-hybridized carbons (Fsp3) is 0.550. The van der Waals surface area contributed by atoms with Gasteiger partial charge in [-0.25, -0.2) is 4.79 Å². The van der Waals surface area contributed by atoms with Crippen molar-refractivity contribution in [2.45, 2.75) is 32.6 Å². The fourth-order valence-corrected chi connectivity index (χ4v) is 2.97. The van der Waals surface area contributed by atoms with E-state index in [2.05, 4.69) is 9.73 Å². The Labute approximate surface area is 154 Å². The van der Waals surface area contributed by atoms with Crippen molar-refractivity contribution < 1.29 is 23.8 Å². The van der Waals surface area contributed by atoms with E-state index in [1.54, 1.807) is 6.92 Å². The van der Waals surface area contributed by atoms with Gasteiger partial charge in [0.2, 0.25) is 0 Å². The van der Waals surface area contributed by atoms with Crippen LogP contribution in [0.4, 0.5) is 4.79 Å². The maximum absolute atomic E-state index is 12.1. The number of carbonyl (C=O) groups is 2. The summed E-state index contributed by atoms with van der Waals surface area (Å²) in [6.07, 6.45) is 4.77. The molecule has 0 amide bonds. The van der Waals surface area contributed by atoms with Crippen LogP contribution in [0.25, 0.3) is 0 Å². The fourth-order valence-electron chi connectivity index (χ4n) is 2.97. The van der Waals surface area contributed by atoms with Crippen LogP contribution >= 0.6 is 0 Å². The first kappa shape index (κ1) is 19.9. The van der Waals surface area contributed by atoms with Gasteiger partial charge in [-0.05, 0) is 44.1 Å². The number of nitrogens with zero attached hydrogens (tertiary/aromatic N) is 1. The molecule has 0 spiro atoms. The summed E-state index contributed by atoms with van der Waals surface area (Å²) in [6.45, 7) is 2.85. The van der Waals surface area contributed by atoms with Crippen molar-refractivity contribution in [2.75, 3.05) is 26.4 Å². The van der Waals surface area contributed by atoms with Crippen LogP contribution in [0.1, 0.15) is 38.2 Å². The lowest BCUT2D eigenvalue weighted by Gasteiger charge is -2.26. The van der Waals surface area contributed by atoms with Gasteiger partial charge < -0.3 is 14.2 Å². The molecule has 0 radical (unpaired) electrons. The molecule has 26 heavy (non-hydrogen) atoms. The minimum Gasteiger partial charge on any atom is -0.462 e. The third-order valence-electron chi connectivity index (χ3n) is 4.39. The van der Waals surface area contributed by atoms with Gasteiger partial charge in [0.25, 0.3) is 0 Å². The molecule has 1 aliphatic rings. The monoisotopic (exact) mass is 361 g/mol. The summed E-state index contributed by atoms with van der Waals surface area (Å²) >= 11 is 0. The summed E-state index contributed by atoms with van der Waals surface area (Å²) in [5, 5.41) is 0. The van der Waals surface area contributed by atoms with E-state index < -0.39 is 6.16 Å². The zero-order valence-electron chi connectivity index (χ0n) is 15.3. The van der Waals surface area contributed by atoms with E-state index in [1.165, 1.54) is 0 Å². The number of carbonyl (C=O) groups excluding carboxylic acids is 2. The molecular weight excluding hydrogens is 334 g/mol. The van der Waals surface area contributed by atoms with Crippen molar-refractivity contribution >= 4 is 18.3 Å². The predicted molar refractivity (Wildman–Crippen MR) is 98.3 cm³/mol. The predicted octanol–water partition coefficient (Wildman–Crippen LogP) is 3.63. The first-order valence-electron chi connectivity index (χ1n) is 9.20. The van der Waals surface area contributed by atoms with Crippen LogP contribution in [-0.2, 0) is 19.0 Å². The number of esters is 1. The molecule has 1 aromatic rings. The highest BCUT2D eigenvalue weighted by Gasteiger charge is 2.27. The molecule has 0 saturated heterocycles. The van der Waals surface area contributed by atoms with Gasteiger partial charge in [-0.3, -0.25) is 9.79 Å². The summed E-state index contributed by atoms with van der Waals surface area (Å²) in [5.74, 6) is 0.252. The Morgan fingerprint density at radius 2 is 1.73 bits per heavy atom. The van der Waals surface area contributed by atoms with Gasteiger partial charge in [-0.1, -0.05) is 30.3 Å². The summed E-state index contributed by atoms with van der Waals surface area (Å²) in [7, 11) is 0. The SMILES string of the molecule is CCOC(=O)OCCOC(=O)C1CCC(CN=Cc2ccccc2)CC1. The van der Waals surface area contributed by atoms with Gasteiger partial charge in [0.05, 0.1) is 12.5 Å². The van der Waals surface area contributed by atoms with Crippen molar-refractivity contribution in [2.24, 2.45) is 16.8 Å². The number of aliphatic imine (C=N–C) groups is 1. The molecule has 1 saturated carbocycles. The Balaban J connectivity index is 1.59. The van der Waals surface area contributed by atoms with Gasteiger partial charge >= 0.3 is 12.1 Å². The minimum absolute atomic E-state index is 0.0219. The molecule has 0 aromatic heterocycles. The van der Waals surface area contributed by atoms with Crippen molar-refractivity contribution in [1.82, 2.24) is 0 Å². The van der Waals surface area contributed by atoms with Crippen LogP contribution in [0.3, 0.4) is 0 Å². The van der Waals surface area contributed by atoms with Gasteiger partial charge in [-0.15, -0.1) is 0 Å². The number of hydrogen-bond acceptors (Lipinski definition) is 6. The van der Waals surface area contributed by atoms with E-state index >= 15 is 0 Å². The third-order valence-corrected chi connectivity index (χ3v) is 4.39. The van der Waals surface area contributed by atoms with E-state index in [1.807, 2.05) is 36.5 Å². The summed E-state index contributed by atoms with van der Waals surface area (Å²) in [5.41, 5.74) is 1.11. The maximum atomic E-state index is 12.1. The molecule has 1 aromatic carbocycles. The molecule has 0 heterocycles. The molecule has 1 fully saturated rings. The molecule has 2 rings (SSSR count). The second-order valence-electron chi connectivity index (χ2n) is 6.32. The number of benzene rings is 1. The Hall–Kier alpha value is -2.37. The summed E-state index contributed by atoms with van der Waals surface area (Å²) in [4.78, 5) is 27.6. The van der Waals surface area contributed by atoms with E-state index in [9.17, 15) is 9.59 Å². The van der Waals surface area contributed by atoms with Crippen LogP contribution in [-0.4, -0.2) is 44.7 Å². The zero-order valence-corrected chi connectivity index (χ0v) is 15.3. The minimum atomic E-state index is -0.736. The second-order valence-corrected chi connectivity index (χ2v) is 6.32. The standard InChI is InChI=1S/C20H27NO5/c1-2-24-20(23)26-13-12-25-19(22)18-10-8-17(9-11-18)15-21-14-16-6-4-3-5-7-16/h3-7,14,17-18H,2,8-13,15H2,1H3. The average Bonchev–Trinajstić information content (AvgIpc) is 2.67. The van der Waals surface area contributed by atoms with Crippen molar-refractivity contribution in [1.29, 1.82) is 0 Å².